The van der Waals surface area contributed by atoms with Crippen LogP contribution < -0.4 is 19.0 Å². The molecule has 12 nitrogen and oxygen atoms in total. The summed E-state index contributed by atoms with van der Waals surface area (Å²) >= 11 is 0. The van der Waals surface area contributed by atoms with Crippen molar-refractivity contribution in [2.75, 3.05) is 0 Å². The van der Waals surface area contributed by atoms with Gasteiger partial charge in [0.05, 0.1) is 11.8 Å². The van der Waals surface area contributed by atoms with E-state index in [1.807, 2.05) is 0 Å². The lowest BCUT2D eigenvalue weighted by Gasteiger charge is -2.31. The Morgan fingerprint density at radius 3 is 1.58 bits per heavy atom. The topological polar surface area (TPSA) is 135 Å². The fraction of sp³-hybridized carbons (Fsp3) is 0.333. The van der Waals surface area contributed by atoms with Crippen molar-refractivity contribution >= 4 is 44.1 Å². The molecule has 2 atom stereocenters. The van der Waals surface area contributed by atoms with Crippen LogP contribution in [0.15, 0.2) is 78.9 Å². The van der Waals surface area contributed by atoms with Gasteiger partial charge in [-0.15, -0.1) is 4.73 Å². The molecule has 0 aliphatic carbocycles. The molecular formula is C48H38F12N8O4. The van der Waals surface area contributed by atoms with Crippen LogP contribution in [-0.4, -0.2) is 82.3 Å². The summed E-state index contributed by atoms with van der Waals surface area (Å²) in [6.45, 7) is 3.39. The Morgan fingerprint density at radius 1 is 0.597 bits per heavy atom. The van der Waals surface area contributed by atoms with Crippen molar-refractivity contribution in [1.82, 2.24) is 39.6 Å². The number of nitrogens with one attached hydrogen (secondary N) is 1. The van der Waals surface area contributed by atoms with E-state index >= 15 is 30.7 Å². The smallest absolute Gasteiger partial charge is 0.456 e. The van der Waals surface area contributed by atoms with Crippen LogP contribution >= 0.6 is 0 Å². The second-order valence-corrected chi connectivity index (χ2v) is 16.7. The van der Waals surface area contributed by atoms with Gasteiger partial charge >= 0.3 is 30.2 Å². The minimum Gasteiger partial charge on any atom is -0.456 e. The third-order valence-corrected chi connectivity index (χ3v) is 11.5. The van der Waals surface area contributed by atoms with Gasteiger partial charge in [-0.25, -0.2) is 38.7 Å². The molecule has 9 rings (SSSR count). The Morgan fingerprint density at radius 2 is 1.10 bits per heavy atom. The van der Waals surface area contributed by atoms with Gasteiger partial charge in [-0.3, -0.25) is 0 Å². The highest BCUT2D eigenvalue weighted by Crippen LogP contribution is 2.54. The predicted molar refractivity (Wildman–Crippen MR) is 238 cm³/mol. The van der Waals surface area contributed by atoms with E-state index in [9.17, 15) is 22.0 Å². The van der Waals surface area contributed by atoms with Gasteiger partial charge in [0.2, 0.25) is 18.3 Å². The summed E-state index contributed by atoms with van der Waals surface area (Å²) < 4.78 is 198. The molecule has 72 heavy (non-hydrogen) atoms. The summed E-state index contributed by atoms with van der Waals surface area (Å²) in [5.74, 6) is -17.8. The highest BCUT2D eigenvalue weighted by molar-refractivity contribution is 6.11. The molecular weight excluding hydrogens is 981 g/mol. The molecule has 0 radical (unpaired) electrons. The number of hydrogen-bond acceptors (Lipinski definition) is 10. The number of rotatable bonds is 16. The molecule has 3 aromatic heterocycles. The monoisotopic (exact) mass is 1020 g/mol. The average molecular weight is 1020 g/mol. The number of H-pyrrole nitrogens is 1. The largest absolute Gasteiger partial charge is 0.471 e. The van der Waals surface area contributed by atoms with Crippen LogP contribution in [0.1, 0.15) is 59.8 Å². The maximum absolute atomic E-state index is 15.9. The van der Waals surface area contributed by atoms with Crippen molar-refractivity contribution in [2.45, 2.75) is 102 Å². The van der Waals surface area contributed by atoms with Crippen molar-refractivity contribution < 1.29 is 71.7 Å². The summed E-state index contributed by atoms with van der Waals surface area (Å²) in [5.41, 5.74) is -0.706. The summed E-state index contributed by atoms with van der Waals surface area (Å²) in [6.07, 6.45) is -23.1. The Balaban J connectivity index is 1.49. The lowest BCUT2D eigenvalue weighted by molar-refractivity contribution is -0.368. The molecule has 7 aromatic rings. The fourth-order valence-electron chi connectivity index (χ4n) is 7.95. The maximum Gasteiger partial charge on any atom is 0.471 e. The molecule has 0 fully saturated rings. The van der Waals surface area contributed by atoms with Gasteiger partial charge in [0, 0.05) is 51.8 Å². The van der Waals surface area contributed by atoms with E-state index in [-0.39, 0.29) is 80.5 Å². The zero-order chi connectivity index (χ0) is 51.7. The molecule has 24 heteroatoms. The number of hydrogen-bond donors (Lipinski definition) is 1. The number of aromatic amines is 1. The second kappa shape index (κ2) is 18.0. The van der Waals surface area contributed by atoms with E-state index in [1.165, 1.54) is 38.1 Å². The van der Waals surface area contributed by atoms with Crippen LogP contribution in [0.4, 0.5) is 52.7 Å². The minimum absolute atomic E-state index is 0.000345. The Bertz CT molecular complexity index is 3420. The van der Waals surface area contributed by atoms with Gasteiger partial charge in [-0.05, 0) is 25.3 Å². The number of aromatic nitrogens is 8. The summed E-state index contributed by atoms with van der Waals surface area (Å²) in [4.78, 5) is 36.1. The van der Waals surface area contributed by atoms with E-state index in [0.29, 0.717) is 6.07 Å². The van der Waals surface area contributed by atoms with Crippen molar-refractivity contribution in [3.8, 4) is 62.8 Å². The Labute approximate surface area is 399 Å². The normalized spacial score (nSPS) is 14.0. The fourth-order valence-corrected chi connectivity index (χ4v) is 7.95. The first-order valence-corrected chi connectivity index (χ1v) is 22.2. The van der Waals surface area contributed by atoms with Gasteiger partial charge in [0.25, 0.3) is 0 Å². The molecule has 0 amide bonds. The first-order valence-electron chi connectivity index (χ1n) is 22.2. The van der Waals surface area contributed by atoms with Crippen LogP contribution in [0.25, 0.3) is 89.7 Å². The maximum atomic E-state index is 15.9. The van der Waals surface area contributed by atoms with Crippen molar-refractivity contribution in [2.24, 2.45) is 0 Å². The Hall–Kier alpha value is -7.40. The predicted octanol–water partition coefficient (Wildman–Crippen LogP) is 13.6. The van der Waals surface area contributed by atoms with Gasteiger partial charge in [0.15, 0.2) is 46.1 Å². The van der Waals surface area contributed by atoms with Crippen molar-refractivity contribution in [3.05, 3.63) is 78.9 Å². The number of benzene rings is 4. The molecule has 4 aromatic carbocycles. The second-order valence-electron chi connectivity index (χ2n) is 16.7. The minimum atomic E-state index is -6.36. The summed E-state index contributed by atoms with van der Waals surface area (Å²) in [5, 5.41) is -0.767. The zero-order valence-corrected chi connectivity index (χ0v) is 38.0. The van der Waals surface area contributed by atoms with Crippen LogP contribution in [0.5, 0.6) is 17.2 Å². The van der Waals surface area contributed by atoms with Crippen molar-refractivity contribution in [1.29, 1.82) is 0 Å². The molecule has 378 valence electrons. The quantitative estimate of drug-likeness (QED) is 0.0932. The molecule has 1 N–H and O–H groups in total. The molecule has 8 bridgehead atoms. The van der Waals surface area contributed by atoms with Crippen LogP contribution in [0.3, 0.4) is 0 Å². The molecule has 5 heterocycles. The summed E-state index contributed by atoms with van der Waals surface area (Å²) in [6, 6.07) is 19.1. The van der Waals surface area contributed by atoms with E-state index < -0.39 is 108 Å². The average Bonchev–Trinajstić information content (AvgIpc) is 4.03. The Kier molecular flexibility index (Phi) is 12.4. The highest BCUT2D eigenvalue weighted by atomic mass is 19.4. The molecule has 0 spiro atoms. The zero-order valence-electron chi connectivity index (χ0n) is 38.0. The third-order valence-electron chi connectivity index (χ3n) is 11.5. The van der Waals surface area contributed by atoms with Crippen molar-refractivity contribution in [3.63, 3.8) is 0 Å². The lowest BCUT2D eigenvalue weighted by Crippen LogP contribution is -2.55. The van der Waals surface area contributed by atoms with Crippen LogP contribution in [0, 0.1) is 0 Å². The van der Waals surface area contributed by atoms with Gasteiger partial charge in [-0.2, -0.15) is 43.9 Å². The van der Waals surface area contributed by atoms with E-state index in [4.69, 9.17) is 19.5 Å². The number of fused-ring (bicyclic) bond motifs is 20. The van der Waals surface area contributed by atoms with Gasteiger partial charge < -0.3 is 24.0 Å². The van der Waals surface area contributed by atoms with E-state index in [2.05, 4.69) is 34.4 Å². The number of ether oxygens (including phenoxy) is 3. The number of nitrogens with zero attached hydrogens (tertiary/aromatic N) is 7. The molecule has 2 unspecified atom stereocenters. The number of alkyl halides is 12. The lowest BCUT2D eigenvalue weighted by atomic mass is 10.1. The molecule has 2 aliphatic rings. The summed E-state index contributed by atoms with van der Waals surface area (Å²) in [7, 11) is 0. The SMILES string of the molecule is CCCC(F)Oc1c(OC(F)(F)C(F)CC)c(OC(F)(F)C(F)(F)C(C)(F)F)cc2c3nc4nc(nc5c6ccccc6c(nc6nc(nc([nH]3)c12)-c1ccccc1-6)n5OC(F)(F)CCC)-c1ccccc1-4. The first kappa shape index (κ1) is 49.6. The van der Waals surface area contributed by atoms with Crippen LogP contribution in [-0.2, 0) is 0 Å². The highest BCUT2D eigenvalue weighted by Gasteiger charge is 2.72. The van der Waals surface area contributed by atoms with E-state index in [1.54, 1.807) is 48.5 Å². The standard InChI is InChI=1S/C48H38F12N8O4/c1-5-14-32(50)69-35-33-29(22-30(34(35)71-46(55,56)31(49)7-3)70-48(59,60)47(57,58)44(4,51)52)40-63-36-23-15-8-10-17-25(23)38(61-36)66-42-27-19-12-13-20-28(27)43(68(42)72-45(53,54)21-6-2)67-39-26-18-11-9-16-24(26)37(62-39)64-41(33)65-40/h8-13,15-20,22,31-32H,5-7,14,21H2,1-4H3,(H,61,62,63,64,65,66,67). The van der Waals surface area contributed by atoms with Gasteiger partial charge in [0.1, 0.15) is 11.3 Å². The first-order chi connectivity index (χ1) is 34.0. The van der Waals surface area contributed by atoms with E-state index in [0.717, 1.165) is 11.7 Å². The molecule has 0 saturated carbocycles. The van der Waals surface area contributed by atoms with Crippen LogP contribution in [0.2, 0.25) is 0 Å². The molecule has 0 saturated heterocycles. The number of halogens is 12. The third kappa shape index (κ3) is 8.66. The van der Waals surface area contributed by atoms with Gasteiger partial charge in [-0.1, -0.05) is 93.6 Å². The molecule has 2 aliphatic heterocycles.